The summed E-state index contributed by atoms with van der Waals surface area (Å²) in [6.07, 6.45) is 4.92. The molecule has 104 valence electrons. The zero-order chi connectivity index (χ0) is 13.3. The first-order chi connectivity index (χ1) is 9.15. The molecular formula is C15H21NO2S. The van der Waals surface area contributed by atoms with Crippen molar-refractivity contribution in [1.82, 2.24) is 5.32 Å². The van der Waals surface area contributed by atoms with Crippen LogP contribution in [-0.2, 0) is 22.7 Å². The average Bonchev–Trinajstić information content (AvgIpc) is 2.75. The van der Waals surface area contributed by atoms with Crippen LogP contribution in [0.3, 0.4) is 0 Å². The summed E-state index contributed by atoms with van der Waals surface area (Å²) in [7, 11) is -2.81. The van der Waals surface area contributed by atoms with Gasteiger partial charge in [-0.05, 0) is 43.2 Å². The molecule has 0 saturated carbocycles. The minimum absolute atomic E-state index is 0.148. The second-order valence-electron chi connectivity index (χ2n) is 5.75. The molecule has 3 nitrogen and oxygen atoms in total. The highest BCUT2D eigenvalue weighted by Gasteiger charge is 2.31. The minimum atomic E-state index is -2.81. The Labute approximate surface area is 115 Å². The molecule has 0 spiro atoms. The van der Waals surface area contributed by atoms with Gasteiger partial charge in [-0.25, -0.2) is 8.42 Å². The number of nitrogens with one attached hydrogen (secondary N) is 1. The van der Waals surface area contributed by atoms with E-state index in [1.165, 1.54) is 11.1 Å². The zero-order valence-corrected chi connectivity index (χ0v) is 12.0. The van der Waals surface area contributed by atoms with Gasteiger partial charge in [-0.15, -0.1) is 0 Å². The van der Waals surface area contributed by atoms with E-state index >= 15 is 0 Å². The first-order valence-corrected chi connectivity index (χ1v) is 8.88. The molecule has 1 N–H and O–H groups in total. The fraction of sp³-hybridized carbons (Fsp3) is 0.600. The molecule has 0 radical (unpaired) electrons. The van der Waals surface area contributed by atoms with Crippen LogP contribution in [0.15, 0.2) is 24.3 Å². The van der Waals surface area contributed by atoms with Crippen LogP contribution in [0.1, 0.15) is 30.4 Å². The first-order valence-electron chi connectivity index (χ1n) is 7.17. The van der Waals surface area contributed by atoms with Gasteiger partial charge in [0.05, 0.1) is 11.0 Å². The molecular weight excluding hydrogens is 258 g/mol. The fourth-order valence-corrected chi connectivity index (χ4v) is 5.04. The summed E-state index contributed by atoms with van der Waals surface area (Å²) < 4.78 is 23.6. The van der Waals surface area contributed by atoms with Crippen molar-refractivity contribution in [1.29, 1.82) is 0 Å². The van der Waals surface area contributed by atoms with Crippen LogP contribution < -0.4 is 5.32 Å². The Morgan fingerprint density at radius 1 is 1.16 bits per heavy atom. The van der Waals surface area contributed by atoms with Gasteiger partial charge in [0, 0.05) is 12.6 Å². The number of fused-ring (bicyclic) bond motifs is 1. The third kappa shape index (κ3) is 2.84. The lowest BCUT2D eigenvalue weighted by Crippen LogP contribution is -2.40. The Kier molecular flexibility index (Phi) is 3.63. The minimum Gasteiger partial charge on any atom is -0.312 e. The van der Waals surface area contributed by atoms with Crippen LogP contribution in [-0.4, -0.2) is 32.0 Å². The van der Waals surface area contributed by atoms with Gasteiger partial charge in [0.15, 0.2) is 9.84 Å². The van der Waals surface area contributed by atoms with Gasteiger partial charge >= 0.3 is 0 Å². The van der Waals surface area contributed by atoms with Gasteiger partial charge in [0.2, 0.25) is 0 Å². The summed E-state index contributed by atoms with van der Waals surface area (Å²) in [4.78, 5) is 0. The molecule has 1 aliphatic heterocycles. The zero-order valence-electron chi connectivity index (χ0n) is 11.1. The fourth-order valence-electron chi connectivity index (χ4n) is 3.26. The summed E-state index contributed by atoms with van der Waals surface area (Å²) in [5.41, 5.74) is 2.87. The van der Waals surface area contributed by atoms with Crippen molar-refractivity contribution in [3.8, 4) is 0 Å². The molecule has 0 bridgehead atoms. The van der Waals surface area contributed by atoms with Gasteiger partial charge in [-0.3, -0.25) is 0 Å². The largest absolute Gasteiger partial charge is 0.312 e. The van der Waals surface area contributed by atoms with E-state index in [1.54, 1.807) is 0 Å². The molecule has 2 aliphatic rings. The summed E-state index contributed by atoms with van der Waals surface area (Å²) in [6.45, 7) is 0.634. The van der Waals surface area contributed by atoms with Crippen molar-refractivity contribution >= 4 is 9.84 Å². The predicted octanol–water partition coefficient (Wildman–Crippen LogP) is 1.71. The molecule has 1 aromatic carbocycles. The SMILES string of the molecule is O=S1(=O)CCCC1CNC1CCc2ccccc2C1. The molecule has 2 unspecified atom stereocenters. The van der Waals surface area contributed by atoms with Gasteiger partial charge in [-0.1, -0.05) is 24.3 Å². The maximum absolute atomic E-state index is 11.8. The van der Waals surface area contributed by atoms with Crippen molar-refractivity contribution in [3.63, 3.8) is 0 Å². The Hall–Kier alpha value is -0.870. The van der Waals surface area contributed by atoms with Gasteiger partial charge in [0.1, 0.15) is 0 Å². The van der Waals surface area contributed by atoms with Crippen molar-refractivity contribution in [2.24, 2.45) is 0 Å². The van der Waals surface area contributed by atoms with E-state index in [9.17, 15) is 8.42 Å². The standard InChI is InChI=1S/C15H21NO2S/c17-19(18)9-3-6-15(19)11-16-14-8-7-12-4-1-2-5-13(12)10-14/h1-2,4-5,14-16H,3,6-11H2. The van der Waals surface area contributed by atoms with Crippen molar-refractivity contribution in [2.75, 3.05) is 12.3 Å². The molecule has 1 saturated heterocycles. The van der Waals surface area contributed by atoms with E-state index in [1.807, 2.05) is 0 Å². The van der Waals surface area contributed by atoms with E-state index in [0.29, 0.717) is 18.3 Å². The Balaban J connectivity index is 1.58. The summed E-state index contributed by atoms with van der Waals surface area (Å²) in [5, 5.41) is 3.33. The molecule has 19 heavy (non-hydrogen) atoms. The monoisotopic (exact) mass is 279 g/mol. The Morgan fingerprint density at radius 2 is 1.95 bits per heavy atom. The second kappa shape index (κ2) is 5.25. The number of aryl methyl sites for hydroxylation is 1. The highest BCUT2D eigenvalue weighted by molar-refractivity contribution is 7.92. The molecule has 1 aliphatic carbocycles. The highest BCUT2D eigenvalue weighted by Crippen LogP contribution is 2.23. The summed E-state index contributed by atoms with van der Waals surface area (Å²) in [6, 6.07) is 9.01. The number of sulfone groups is 1. The van der Waals surface area contributed by atoms with E-state index in [4.69, 9.17) is 0 Å². The predicted molar refractivity (Wildman–Crippen MR) is 77.1 cm³/mol. The molecule has 0 amide bonds. The number of hydrogen-bond acceptors (Lipinski definition) is 3. The van der Waals surface area contributed by atoms with Crippen molar-refractivity contribution < 1.29 is 8.42 Å². The lowest BCUT2D eigenvalue weighted by atomic mass is 9.88. The lowest BCUT2D eigenvalue weighted by Gasteiger charge is -2.26. The molecule has 2 atom stereocenters. The number of rotatable bonds is 3. The van der Waals surface area contributed by atoms with Crippen LogP contribution in [0.2, 0.25) is 0 Å². The van der Waals surface area contributed by atoms with Crippen LogP contribution in [0.4, 0.5) is 0 Å². The van der Waals surface area contributed by atoms with Crippen molar-refractivity contribution in [3.05, 3.63) is 35.4 Å². The van der Waals surface area contributed by atoms with E-state index in [0.717, 1.165) is 32.1 Å². The van der Waals surface area contributed by atoms with Crippen LogP contribution >= 0.6 is 0 Å². The summed E-state index contributed by atoms with van der Waals surface area (Å²) in [5.74, 6) is 0.382. The average molecular weight is 279 g/mol. The Morgan fingerprint density at radius 3 is 2.68 bits per heavy atom. The van der Waals surface area contributed by atoms with Crippen molar-refractivity contribution in [2.45, 2.75) is 43.4 Å². The Bertz CT molecular complexity index is 553. The molecule has 1 aromatic rings. The summed E-state index contributed by atoms with van der Waals surface area (Å²) >= 11 is 0. The highest BCUT2D eigenvalue weighted by atomic mass is 32.2. The van der Waals surface area contributed by atoms with Gasteiger partial charge in [0.25, 0.3) is 0 Å². The van der Waals surface area contributed by atoms with E-state index in [2.05, 4.69) is 29.6 Å². The van der Waals surface area contributed by atoms with E-state index < -0.39 is 9.84 Å². The number of hydrogen-bond donors (Lipinski definition) is 1. The quantitative estimate of drug-likeness (QED) is 0.916. The second-order valence-corrected chi connectivity index (χ2v) is 8.15. The maximum Gasteiger partial charge on any atom is 0.154 e. The van der Waals surface area contributed by atoms with Crippen LogP contribution in [0.25, 0.3) is 0 Å². The third-order valence-corrected chi connectivity index (χ3v) is 6.72. The topological polar surface area (TPSA) is 46.2 Å². The first kappa shape index (κ1) is 13.1. The third-order valence-electron chi connectivity index (χ3n) is 4.44. The lowest BCUT2D eigenvalue weighted by molar-refractivity contribution is 0.452. The normalized spacial score (nSPS) is 29.1. The molecule has 3 rings (SSSR count). The van der Waals surface area contributed by atoms with Gasteiger partial charge in [-0.2, -0.15) is 0 Å². The molecule has 1 fully saturated rings. The molecule has 4 heteroatoms. The number of benzene rings is 1. The maximum atomic E-state index is 11.8. The van der Waals surface area contributed by atoms with Crippen LogP contribution in [0, 0.1) is 0 Å². The van der Waals surface area contributed by atoms with Crippen LogP contribution in [0.5, 0.6) is 0 Å². The smallest absolute Gasteiger partial charge is 0.154 e. The molecule has 1 heterocycles. The molecule has 0 aromatic heterocycles. The van der Waals surface area contributed by atoms with E-state index in [-0.39, 0.29) is 5.25 Å². The van der Waals surface area contributed by atoms with Gasteiger partial charge < -0.3 is 5.32 Å².